The third-order valence-corrected chi connectivity index (χ3v) is 3.12. The van der Waals surface area contributed by atoms with Crippen LogP contribution in [-0.2, 0) is 0 Å². The fourth-order valence-electron chi connectivity index (χ4n) is 2.02. The zero-order valence-electron chi connectivity index (χ0n) is 9.19. The van der Waals surface area contributed by atoms with Gasteiger partial charge in [0.05, 0.1) is 6.04 Å². The van der Waals surface area contributed by atoms with Crippen molar-refractivity contribution in [2.45, 2.75) is 18.9 Å². The van der Waals surface area contributed by atoms with Gasteiger partial charge in [-0.3, -0.25) is 0 Å². The van der Waals surface area contributed by atoms with Crippen molar-refractivity contribution in [2.75, 3.05) is 6.54 Å². The molecule has 0 spiro atoms. The average Bonchev–Trinajstić information content (AvgIpc) is 3.00. The first-order valence-corrected chi connectivity index (χ1v) is 6.03. The molecule has 1 N–H and O–H groups in total. The maximum Gasteiger partial charge on any atom is 0.244 e. The number of hydrogen-bond donors (Lipinski definition) is 1. The minimum Gasteiger partial charge on any atom is -0.337 e. The lowest BCUT2D eigenvalue weighted by atomic mass is 10.2. The summed E-state index contributed by atoms with van der Waals surface area (Å²) >= 11 is 5.93. The summed E-state index contributed by atoms with van der Waals surface area (Å²) in [5, 5.41) is 7.99. The van der Waals surface area contributed by atoms with E-state index >= 15 is 0 Å². The normalized spacial score (nSPS) is 19.7. The van der Waals surface area contributed by atoms with E-state index in [1.54, 1.807) is 0 Å². The van der Waals surface area contributed by atoms with Gasteiger partial charge in [0.2, 0.25) is 11.7 Å². The molecule has 1 aromatic heterocycles. The van der Waals surface area contributed by atoms with Crippen molar-refractivity contribution in [3.05, 3.63) is 35.2 Å². The Morgan fingerprint density at radius 3 is 3.12 bits per heavy atom. The number of hydrogen-bond acceptors (Lipinski definition) is 4. The molecule has 1 aromatic carbocycles. The van der Waals surface area contributed by atoms with E-state index in [0.29, 0.717) is 16.7 Å². The Labute approximate surface area is 104 Å². The highest BCUT2D eigenvalue weighted by Crippen LogP contribution is 2.25. The highest BCUT2D eigenvalue weighted by molar-refractivity contribution is 6.30. The van der Waals surface area contributed by atoms with Crippen LogP contribution in [0.5, 0.6) is 0 Å². The summed E-state index contributed by atoms with van der Waals surface area (Å²) in [7, 11) is 0. The van der Waals surface area contributed by atoms with Crippen LogP contribution in [0.1, 0.15) is 24.8 Å². The molecule has 4 nitrogen and oxygen atoms in total. The molecule has 1 fully saturated rings. The predicted molar refractivity (Wildman–Crippen MR) is 64.7 cm³/mol. The third-order valence-electron chi connectivity index (χ3n) is 2.88. The molecular weight excluding hydrogens is 238 g/mol. The lowest BCUT2D eigenvalue weighted by Crippen LogP contribution is -2.12. The van der Waals surface area contributed by atoms with E-state index in [1.165, 1.54) is 0 Å². The summed E-state index contributed by atoms with van der Waals surface area (Å²) in [4.78, 5) is 4.40. The zero-order valence-corrected chi connectivity index (χ0v) is 9.94. The van der Waals surface area contributed by atoms with Gasteiger partial charge in [-0.2, -0.15) is 4.98 Å². The number of benzene rings is 1. The highest BCUT2D eigenvalue weighted by atomic mass is 35.5. The Bertz CT molecular complexity index is 520. The fraction of sp³-hybridized carbons (Fsp3) is 0.333. The highest BCUT2D eigenvalue weighted by Gasteiger charge is 2.22. The van der Waals surface area contributed by atoms with E-state index in [-0.39, 0.29) is 6.04 Å². The minimum absolute atomic E-state index is 0.204. The Balaban J connectivity index is 1.89. The maximum atomic E-state index is 5.93. The SMILES string of the molecule is Clc1cccc(-c2noc([C@@H]3CCCN3)n2)c1. The largest absolute Gasteiger partial charge is 0.337 e. The van der Waals surface area contributed by atoms with Gasteiger partial charge in [-0.15, -0.1) is 0 Å². The smallest absolute Gasteiger partial charge is 0.244 e. The third kappa shape index (κ3) is 2.18. The lowest BCUT2D eigenvalue weighted by molar-refractivity contribution is 0.345. The van der Waals surface area contributed by atoms with Crippen LogP contribution in [0, 0.1) is 0 Å². The van der Waals surface area contributed by atoms with Crippen LogP contribution < -0.4 is 5.32 Å². The van der Waals surface area contributed by atoms with E-state index in [2.05, 4.69) is 15.5 Å². The molecule has 0 aliphatic carbocycles. The van der Waals surface area contributed by atoms with Crippen LogP contribution in [0.25, 0.3) is 11.4 Å². The lowest BCUT2D eigenvalue weighted by Gasteiger charge is -2.01. The monoisotopic (exact) mass is 249 g/mol. The van der Waals surface area contributed by atoms with E-state index in [9.17, 15) is 0 Å². The molecule has 3 rings (SSSR count). The molecule has 1 aliphatic rings. The first-order chi connectivity index (χ1) is 8.33. The molecule has 0 bridgehead atoms. The van der Waals surface area contributed by atoms with Crippen LogP contribution in [0.4, 0.5) is 0 Å². The summed E-state index contributed by atoms with van der Waals surface area (Å²) in [6.07, 6.45) is 2.21. The van der Waals surface area contributed by atoms with Crippen molar-refractivity contribution in [3.8, 4) is 11.4 Å². The van der Waals surface area contributed by atoms with Crippen LogP contribution >= 0.6 is 11.6 Å². The van der Waals surface area contributed by atoms with Crippen molar-refractivity contribution < 1.29 is 4.52 Å². The average molecular weight is 250 g/mol. The van der Waals surface area contributed by atoms with Gasteiger partial charge in [-0.1, -0.05) is 28.9 Å². The predicted octanol–water partition coefficient (Wildman–Crippen LogP) is 2.81. The summed E-state index contributed by atoms with van der Waals surface area (Å²) in [6, 6.07) is 7.66. The van der Waals surface area contributed by atoms with Crippen LogP contribution in [0.3, 0.4) is 0 Å². The molecule has 5 heteroatoms. The fourth-order valence-corrected chi connectivity index (χ4v) is 2.21. The van der Waals surface area contributed by atoms with Crippen LogP contribution in [-0.4, -0.2) is 16.7 Å². The van der Waals surface area contributed by atoms with Crippen molar-refractivity contribution in [3.63, 3.8) is 0 Å². The second kappa shape index (κ2) is 4.47. The van der Waals surface area contributed by atoms with E-state index in [0.717, 1.165) is 24.9 Å². The van der Waals surface area contributed by atoms with Gasteiger partial charge in [-0.05, 0) is 31.5 Å². The van der Waals surface area contributed by atoms with Crippen molar-refractivity contribution in [2.24, 2.45) is 0 Å². The Kier molecular flexibility index (Phi) is 2.82. The van der Waals surface area contributed by atoms with Gasteiger partial charge in [-0.25, -0.2) is 0 Å². The Morgan fingerprint density at radius 1 is 1.41 bits per heavy atom. The Hall–Kier alpha value is -1.39. The molecule has 17 heavy (non-hydrogen) atoms. The standard InChI is InChI=1S/C12H12ClN3O/c13-9-4-1-3-8(7-9)11-15-12(17-16-11)10-5-2-6-14-10/h1,3-4,7,10,14H,2,5-6H2/t10-/m0/s1. The van der Waals surface area contributed by atoms with E-state index in [1.807, 2.05) is 24.3 Å². The van der Waals surface area contributed by atoms with Gasteiger partial charge in [0.1, 0.15) is 0 Å². The minimum atomic E-state index is 0.204. The number of aromatic nitrogens is 2. The maximum absolute atomic E-state index is 5.93. The summed E-state index contributed by atoms with van der Waals surface area (Å²) < 4.78 is 5.28. The van der Waals surface area contributed by atoms with Crippen LogP contribution in [0.15, 0.2) is 28.8 Å². The van der Waals surface area contributed by atoms with E-state index in [4.69, 9.17) is 16.1 Å². The van der Waals surface area contributed by atoms with Crippen molar-refractivity contribution in [1.29, 1.82) is 0 Å². The van der Waals surface area contributed by atoms with Gasteiger partial charge in [0.25, 0.3) is 0 Å². The first kappa shape index (κ1) is 10.7. The Morgan fingerprint density at radius 2 is 2.35 bits per heavy atom. The number of nitrogens with one attached hydrogen (secondary N) is 1. The molecule has 1 aliphatic heterocycles. The molecule has 0 radical (unpaired) electrons. The zero-order chi connectivity index (χ0) is 11.7. The van der Waals surface area contributed by atoms with E-state index < -0.39 is 0 Å². The molecule has 2 aromatic rings. The number of nitrogens with zero attached hydrogens (tertiary/aromatic N) is 2. The number of rotatable bonds is 2. The molecule has 0 unspecified atom stereocenters. The van der Waals surface area contributed by atoms with Crippen molar-refractivity contribution >= 4 is 11.6 Å². The number of halogens is 1. The van der Waals surface area contributed by atoms with Gasteiger partial charge < -0.3 is 9.84 Å². The topological polar surface area (TPSA) is 51.0 Å². The molecule has 0 amide bonds. The molecule has 1 atom stereocenters. The summed E-state index contributed by atoms with van der Waals surface area (Å²) in [5.74, 6) is 1.26. The quantitative estimate of drug-likeness (QED) is 0.889. The molecule has 0 saturated carbocycles. The summed E-state index contributed by atoms with van der Waals surface area (Å²) in [5.41, 5.74) is 0.880. The second-order valence-corrected chi connectivity index (χ2v) is 4.55. The molecular formula is C12H12ClN3O. The molecule has 1 saturated heterocycles. The first-order valence-electron chi connectivity index (χ1n) is 5.66. The van der Waals surface area contributed by atoms with Gasteiger partial charge in [0.15, 0.2) is 0 Å². The van der Waals surface area contributed by atoms with Crippen molar-refractivity contribution in [1.82, 2.24) is 15.5 Å². The van der Waals surface area contributed by atoms with Gasteiger partial charge in [0, 0.05) is 10.6 Å². The van der Waals surface area contributed by atoms with Crippen LogP contribution in [0.2, 0.25) is 5.02 Å². The van der Waals surface area contributed by atoms with Gasteiger partial charge >= 0.3 is 0 Å². The molecule has 2 heterocycles. The summed E-state index contributed by atoms with van der Waals surface area (Å²) in [6.45, 7) is 1.01. The second-order valence-electron chi connectivity index (χ2n) is 4.12. The molecule has 88 valence electrons.